The van der Waals surface area contributed by atoms with Gasteiger partial charge in [0, 0.05) is 23.7 Å². The van der Waals surface area contributed by atoms with E-state index in [0.717, 1.165) is 29.7 Å². The molecule has 1 aliphatic heterocycles. The first-order valence-corrected chi connectivity index (χ1v) is 7.04. The smallest absolute Gasteiger partial charge is 0.254 e. The van der Waals surface area contributed by atoms with Gasteiger partial charge in [-0.3, -0.25) is 4.79 Å². The van der Waals surface area contributed by atoms with Gasteiger partial charge >= 0.3 is 0 Å². The topological polar surface area (TPSA) is 40.5 Å². The molecule has 0 spiro atoms. The van der Waals surface area contributed by atoms with Crippen molar-refractivity contribution in [2.24, 2.45) is 5.92 Å². The van der Waals surface area contributed by atoms with E-state index in [1.54, 1.807) is 0 Å². The van der Waals surface area contributed by atoms with E-state index < -0.39 is 0 Å². The molecule has 1 aromatic carbocycles. The first-order chi connectivity index (χ1) is 9.52. The SMILES string of the molecule is Cc1ccc(C#CCO)cc1C(=O)N1CC(C)CC1C. The standard InChI is InChI=1S/C17H21NO2/c1-12-9-14(3)18(11-12)17(20)16-10-15(5-4-8-19)7-6-13(16)2/h6-7,10,12,14,19H,8-9,11H2,1-3H3. The highest BCUT2D eigenvalue weighted by Crippen LogP contribution is 2.25. The van der Waals surface area contributed by atoms with Crippen LogP contribution in [-0.2, 0) is 0 Å². The Morgan fingerprint density at radius 3 is 2.80 bits per heavy atom. The monoisotopic (exact) mass is 271 g/mol. The Hall–Kier alpha value is -1.79. The van der Waals surface area contributed by atoms with E-state index in [-0.39, 0.29) is 12.5 Å². The highest BCUT2D eigenvalue weighted by atomic mass is 16.2. The predicted octanol–water partition coefficient (Wildman–Crippen LogP) is 2.21. The molecule has 0 bridgehead atoms. The van der Waals surface area contributed by atoms with Crippen LogP contribution in [-0.4, -0.2) is 35.1 Å². The van der Waals surface area contributed by atoms with Crippen molar-refractivity contribution in [2.45, 2.75) is 33.2 Å². The van der Waals surface area contributed by atoms with Crippen LogP contribution >= 0.6 is 0 Å². The summed E-state index contributed by atoms with van der Waals surface area (Å²) < 4.78 is 0. The van der Waals surface area contributed by atoms with E-state index in [1.807, 2.05) is 30.0 Å². The maximum atomic E-state index is 12.7. The highest BCUT2D eigenvalue weighted by molar-refractivity contribution is 5.96. The Morgan fingerprint density at radius 2 is 2.20 bits per heavy atom. The molecule has 0 saturated carbocycles. The van der Waals surface area contributed by atoms with Crippen molar-refractivity contribution in [1.82, 2.24) is 4.90 Å². The van der Waals surface area contributed by atoms with Crippen molar-refractivity contribution < 1.29 is 9.90 Å². The zero-order chi connectivity index (χ0) is 14.7. The fraction of sp³-hybridized carbons (Fsp3) is 0.471. The van der Waals surface area contributed by atoms with Gasteiger partial charge in [0.1, 0.15) is 6.61 Å². The molecule has 3 nitrogen and oxygen atoms in total. The number of carbonyl (C=O) groups is 1. The number of likely N-dealkylation sites (tertiary alicyclic amines) is 1. The summed E-state index contributed by atoms with van der Waals surface area (Å²) in [5, 5.41) is 8.75. The number of hydrogen-bond donors (Lipinski definition) is 1. The highest BCUT2D eigenvalue weighted by Gasteiger charge is 2.31. The first kappa shape index (κ1) is 14.6. The molecule has 2 unspecified atom stereocenters. The van der Waals surface area contributed by atoms with Crippen LogP contribution in [0.1, 0.15) is 41.8 Å². The van der Waals surface area contributed by atoms with E-state index >= 15 is 0 Å². The van der Waals surface area contributed by atoms with E-state index in [4.69, 9.17) is 5.11 Å². The summed E-state index contributed by atoms with van der Waals surface area (Å²) in [7, 11) is 0. The Balaban J connectivity index is 2.29. The zero-order valence-corrected chi connectivity index (χ0v) is 12.3. The summed E-state index contributed by atoms with van der Waals surface area (Å²) in [5.74, 6) is 6.12. The summed E-state index contributed by atoms with van der Waals surface area (Å²) in [5.41, 5.74) is 2.46. The van der Waals surface area contributed by atoms with Crippen LogP contribution in [0.4, 0.5) is 0 Å². The van der Waals surface area contributed by atoms with Crippen LogP contribution in [0.2, 0.25) is 0 Å². The molecule has 1 heterocycles. The number of benzene rings is 1. The molecule has 1 saturated heterocycles. The average molecular weight is 271 g/mol. The maximum Gasteiger partial charge on any atom is 0.254 e. The lowest BCUT2D eigenvalue weighted by Crippen LogP contribution is -2.34. The van der Waals surface area contributed by atoms with Crippen molar-refractivity contribution in [1.29, 1.82) is 0 Å². The van der Waals surface area contributed by atoms with Crippen LogP contribution in [0.3, 0.4) is 0 Å². The molecule has 2 rings (SSSR count). The zero-order valence-electron chi connectivity index (χ0n) is 12.3. The van der Waals surface area contributed by atoms with Crippen LogP contribution in [0, 0.1) is 24.7 Å². The maximum absolute atomic E-state index is 12.7. The number of aliphatic hydroxyl groups excluding tert-OH is 1. The lowest BCUT2D eigenvalue weighted by molar-refractivity contribution is 0.0743. The van der Waals surface area contributed by atoms with Crippen molar-refractivity contribution in [3.63, 3.8) is 0 Å². The molecule has 0 radical (unpaired) electrons. The molecule has 0 aromatic heterocycles. The normalized spacial score (nSPS) is 21.5. The van der Waals surface area contributed by atoms with Crippen LogP contribution in [0.15, 0.2) is 18.2 Å². The van der Waals surface area contributed by atoms with Crippen molar-refractivity contribution in [2.75, 3.05) is 13.2 Å². The molecule has 2 atom stereocenters. The Bertz CT molecular complexity index is 568. The molecular formula is C17H21NO2. The van der Waals surface area contributed by atoms with Crippen LogP contribution < -0.4 is 0 Å². The van der Waals surface area contributed by atoms with E-state index in [0.29, 0.717) is 12.0 Å². The van der Waals surface area contributed by atoms with E-state index in [2.05, 4.69) is 25.7 Å². The van der Waals surface area contributed by atoms with Crippen molar-refractivity contribution in [3.05, 3.63) is 34.9 Å². The number of nitrogens with zero attached hydrogens (tertiary/aromatic N) is 1. The summed E-state index contributed by atoms with van der Waals surface area (Å²) in [4.78, 5) is 14.6. The molecule has 1 fully saturated rings. The molecular weight excluding hydrogens is 250 g/mol. The van der Waals surface area contributed by atoms with Gasteiger partial charge in [-0.15, -0.1) is 0 Å². The van der Waals surface area contributed by atoms with Gasteiger partial charge in [-0.2, -0.15) is 0 Å². The third-order valence-corrected chi connectivity index (χ3v) is 3.82. The summed E-state index contributed by atoms with van der Waals surface area (Å²) in [6.07, 6.45) is 1.06. The number of carbonyl (C=O) groups excluding carboxylic acids is 1. The molecule has 1 N–H and O–H groups in total. The molecule has 20 heavy (non-hydrogen) atoms. The molecule has 1 amide bonds. The van der Waals surface area contributed by atoms with Crippen molar-refractivity contribution >= 4 is 5.91 Å². The largest absolute Gasteiger partial charge is 0.384 e. The predicted molar refractivity (Wildman–Crippen MR) is 79.4 cm³/mol. The fourth-order valence-electron chi connectivity index (χ4n) is 2.81. The second-order valence-electron chi connectivity index (χ2n) is 5.64. The lowest BCUT2D eigenvalue weighted by atomic mass is 10.0. The molecule has 3 heteroatoms. The minimum atomic E-state index is -0.169. The van der Waals surface area contributed by atoms with Gasteiger partial charge in [-0.1, -0.05) is 24.8 Å². The molecule has 106 valence electrons. The third kappa shape index (κ3) is 3.02. The van der Waals surface area contributed by atoms with Gasteiger partial charge in [-0.05, 0) is 43.9 Å². The van der Waals surface area contributed by atoms with Gasteiger partial charge in [0.25, 0.3) is 5.91 Å². The third-order valence-electron chi connectivity index (χ3n) is 3.82. The average Bonchev–Trinajstić information content (AvgIpc) is 2.76. The van der Waals surface area contributed by atoms with Gasteiger partial charge in [0.2, 0.25) is 0 Å². The molecule has 0 aliphatic carbocycles. The van der Waals surface area contributed by atoms with Crippen molar-refractivity contribution in [3.8, 4) is 11.8 Å². The van der Waals surface area contributed by atoms with Gasteiger partial charge in [0.05, 0.1) is 0 Å². The number of aliphatic hydroxyl groups is 1. The van der Waals surface area contributed by atoms with Gasteiger partial charge < -0.3 is 10.0 Å². The number of hydrogen-bond acceptors (Lipinski definition) is 2. The number of amides is 1. The van der Waals surface area contributed by atoms with Gasteiger partial charge in [0.15, 0.2) is 0 Å². The quantitative estimate of drug-likeness (QED) is 0.796. The van der Waals surface area contributed by atoms with E-state index in [9.17, 15) is 4.79 Å². The number of rotatable bonds is 1. The minimum Gasteiger partial charge on any atom is -0.384 e. The minimum absolute atomic E-state index is 0.0898. The summed E-state index contributed by atoms with van der Waals surface area (Å²) in [6, 6.07) is 5.92. The van der Waals surface area contributed by atoms with E-state index in [1.165, 1.54) is 0 Å². The fourth-order valence-corrected chi connectivity index (χ4v) is 2.81. The van der Waals surface area contributed by atoms with Crippen LogP contribution in [0.5, 0.6) is 0 Å². The molecule has 1 aliphatic rings. The van der Waals surface area contributed by atoms with Crippen LogP contribution in [0.25, 0.3) is 0 Å². The second-order valence-corrected chi connectivity index (χ2v) is 5.64. The summed E-state index contributed by atoms with van der Waals surface area (Å²) >= 11 is 0. The summed E-state index contributed by atoms with van der Waals surface area (Å²) in [6.45, 7) is 6.89. The first-order valence-electron chi connectivity index (χ1n) is 7.04. The Labute approximate surface area is 120 Å². The molecule has 1 aromatic rings. The second kappa shape index (κ2) is 6.11. The van der Waals surface area contributed by atoms with Gasteiger partial charge in [-0.25, -0.2) is 0 Å². The lowest BCUT2D eigenvalue weighted by Gasteiger charge is -2.22. The Kier molecular flexibility index (Phi) is 4.46. The Morgan fingerprint density at radius 1 is 1.45 bits per heavy atom. The number of aryl methyl sites for hydroxylation is 1.